The highest BCUT2D eigenvalue weighted by atomic mass is 32.2. The summed E-state index contributed by atoms with van der Waals surface area (Å²) in [4.78, 5) is 18.5. The van der Waals surface area contributed by atoms with E-state index in [1.54, 1.807) is 11.3 Å². The van der Waals surface area contributed by atoms with Crippen LogP contribution in [0.5, 0.6) is 0 Å². The van der Waals surface area contributed by atoms with Gasteiger partial charge in [0.1, 0.15) is 6.54 Å². The average molecular weight is 339 g/mol. The lowest BCUT2D eigenvalue weighted by Gasteiger charge is -2.19. The van der Waals surface area contributed by atoms with Crippen LogP contribution < -0.4 is 4.90 Å². The van der Waals surface area contributed by atoms with Gasteiger partial charge in [-0.1, -0.05) is 42.1 Å². The van der Waals surface area contributed by atoms with E-state index in [-0.39, 0.29) is 18.2 Å². The molecular formula is C17H13N3OS2. The minimum absolute atomic E-state index is 0.0449. The van der Waals surface area contributed by atoms with Crippen molar-refractivity contribution < 1.29 is 4.79 Å². The number of aromatic nitrogens is 1. The number of carbonyl (C=O) groups is 1. The minimum atomic E-state index is -0.0954. The van der Waals surface area contributed by atoms with Gasteiger partial charge in [0.2, 0.25) is 5.91 Å². The predicted octanol–water partition coefficient (Wildman–Crippen LogP) is 3.95. The molecule has 0 N–H and O–H groups in total. The Hall–Kier alpha value is -2.36. The molecule has 0 radical (unpaired) electrons. The maximum Gasteiger partial charge on any atom is 0.238 e. The summed E-state index contributed by atoms with van der Waals surface area (Å²) in [6.45, 7) is 0.0449. The van der Waals surface area contributed by atoms with Gasteiger partial charge < -0.3 is 0 Å². The Morgan fingerprint density at radius 1 is 1.17 bits per heavy atom. The molecule has 6 heteroatoms. The number of hydrogen-bond donors (Lipinski definition) is 0. The minimum Gasteiger partial charge on any atom is -0.298 e. The summed E-state index contributed by atoms with van der Waals surface area (Å²) in [5, 5.41) is 8.97. The molecule has 2 aromatic carbocycles. The zero-order valence-corrected chi connectivity index (χ0v) is 13.8. The highest BCUT2D eigenvalue weighted by Gasteiger charge is 2.16. The summed E-state index contributed by atoms with van der Waals surface area (Å²) >= 11 is 2.99. The SMILES string of the molecule is N#CCN(C(=O)CSc1nc2ccccc2s1)c1ccccc1. The van der Waals surface area contributed by atoms with Gasteiger partial charge in [-0.3, -0.25) is 9.69 Å². The van der Waals surface area contributed by atoms with E-state index in [2.05, 4.69) is 4.98 Å². The molecule has 0 fully saturated rings. The fourth-order valence-electron chi connectivity index (χ4n) is 2.12. The largest absolute Gasteiger partial charge is 0.298 e. The van der Waals surface area contributed by atoms with Crippen molar-refractivity contribution in [1.29, 1.82) is 5.26 Å². The smallest absolute Gasteiger partial charge is 0.238 e. The van der Waals surface area contributed by atoms with E-state index in [9.17, 15) is 4.79 Å². The molecule has 0 aliphatic rings. The van der Waals surface area contributed by atoms with Crippen LogP contribution in [0.25, 0.3) is 10.2 Å². The monoisotopic (exact) mass is 339 g/mol. The van der Waals surface area contributed by atoms with Gasteiger partial charge in [-0.2, -0.15) is 5.26 Å². The first-order valence-electron chi connectivity index (χ1n) is 6.98. The van der Waals surface area contributed by atoms with E-state index >= 15 is 0 Å². The molecule has 4 nitrogen and oxygen atoms in total. The second-order valence-electron chi connectivity index (χ2n) is 4.71. The number of nitrogens with zero attached hydrogens (tertiary/aromatic N) is 3. The summed E-state index contributed by atoms with van der Waals surface area (Å²) in [6.07, 6.45) is 0. The molecule has 0 unspecified atom stereocenters. The van der Waals surface area contributed by atoms with E-state index in [0.29, 0.717) is 0 Å². The Morgan fingerprint density at radius 3 is 2.65 bits per heavy atom. The number of para-hydroxylation sites is 2. The lowest BCUT2D eigenvalue weighted by Crippen LogP contribution is -2.32. The molecule has 0 saturated heterocycles. The Bertz CT molecular complexity index is 822. The Kier molecular flexibility index (Phi) is 4.91. The van der Waals surface area contributed by atoms with Crippen LogP contribution in [0.15, 0.2) is 58.9 Å². The number of amides is 1. The third-order valence-corrected chi connectivity index (χ3v) is 5.36. The molecule has 3 rings (SSSR count). The highest BCUT2D eigenvalue weighted by molar-refractivity contribution is 8.01. The number of fused-ring (bicyclic) bond motifs is 1. The molecule has 0 aliphatic heterocycles. The van der Waals surface area contributed by atoms with E-state index in [4.69, 9.17) is 5.26 Å². The van der Waals surface area contributed by atoms with Crippen LogP contribution in [-0.2, 0) is 4.79 Å². The second kappa shape index (κ2) is 7.27. The fourth-order valence-corrected chi connectivity index (χ4v) is 4.06. The van der Waals surface area contributed by atoms with E-state index in [0.717, 1.165) is 20.2 Å². The van der Waals surface area contributed by atoms with Gasteiger partial charge in [-0.15, -0.1) is 11.3 Å². The lowest BCUT2D eigenvalue weighted by atomic mass is 10.3. The van der Waals surface area contributed by atoms with Crippen LogP contribution in [0, 0.1) is 11.3 Å². The van der Waals surface area contributed by atoms with Crippen molar-refractivity contribution >= 4 is 44.9 Å². The maximum atomic E-state index is 12.5. The molecule has 1 amide bonds. The number of anilines is 1. The number of benzene rings is 2. The number of nitriles is 1. The molecule has 0 atom stereocenters. The highest BCUT2D eigenvalue weighted by Crippen LogP contribution is 2.29. The summed E-state index contributed by atoms with van der Waals surface area (Å²) in [5.74, 6) is 0.165. The van der Waals surface area contributed by atoms with Crippen molar-refractivity contribution in [2.24, 2.45) is 0 Å². The standard InChI is InChI=1S/C17H13N3OS2/c18-10-11-20(13-6-2-1-3-7-13)16(21)12-22-17-19-14-8-4-5-9-15(14)23-17/h1-9H,11-12H2. The molecule has 1 heterocycles. The predicted molar refractivity (Wildman–Crippen MR) is 94.8 cm³/mol. The normalized spacial score (nSPS) is 10.4. The summed E-state index contributed by atoms with van der Waals surface area (Å²) in [7, 11) is 0. The van der Waals surface area contributed by atoms with Gasteiger partial charge in [-0.05, 0) is 24.3 Å². The number of thioether (sulfide) groups is 1. The van der Waals surface area contributed by atoms with Gasteiger partial charge in [-0.25, -0.2) is 4.98 Å². The topological polar surface area (TPSA) is 57.0 Å². The van der Waals surface area contributed by atoms with Crippen molar-refractivity contribution in [2.75, 3.05) is 17.2 Å². The summed E-state index contributed by atoms with van der Waals surface area (Å²) < 4.78 is 1.98. The van der Waals surface area contributed by atoms with Crippen molar-refractivity contribution in [3.63, 3.8) is 0 Å². The van der Waals surface area contributed by atoms with Crippen LogP contribution in [-0.4, -0.2) is 23.2 Å². The molecular weight excluding hydrogens is 326 g/mol. The first-order valence-corrected chi connectivity index (χ1v) is 8.79. The summed E-state index contributed by atoms with van der Waals surface area (Å²) in [6, 6.07) is 19.2. The molecule has 114 valence electrons. The molecule has 0 aliphatic carbocycles. The zero-order chi connectivity index (χ0) is 16.1. The Labute approximate surface area is 142 Å². The van der Waals surface area contributed by atoms with Crippen molar-refractivity contribution in [1.82, 2.24) is 4.98 Å². The zero-order valence-electron chi connectivity index (χ0n) is 12.2. The van der Waals surface area contributed by atoms with Crippen molar-refractivity contribution in [2.45, 2.75) is 4.34 Å². The quantitative estimate of drug-likeness (QED) is 0.522. The Balaban J connectivity index is 1.70. The van der Waals surface area contributed by atoms with Crippen molar-refractivity contribution in [3.8, 4) is 6.07 Å². The van der Waals surface area contributed by atoms with Gasteiger partial charge in [0.05, 0.1) is 22.0 Å². The first-order chi connectivity index (χ1) is 11.3. The fraction of sp³-hybridized carbons (Fsp3) is 0.118. The van der Waals surface area contributed by atoms with Crippen molar-refractivity contribution in [3.05, 3.63) is 54.6 Å². The summed E-state index contributed by atoms with van der Waals surface area (Å²) in [5.41, 5.74) is 1.69. The molecule has 3 aromatic rings. The molecule has 0 saturated carbocycles. The van der Waals surface area contributed by atoms with Gasteiger partial charge in [0.15, 0.2) is 4.34 Å². The van der Waals surface area contributed by atoms with E-state index < -0.39 is 0 Å². The van der Waals surface area contributed by atoms with Crippen LogP contribution in [0.3, 0.4) is 0 Å². The number of thiazole rings is 1. The van der Waals surface area contributed by atoms with Gasteiger partial charge >= 0.3 is 0 Å². The third-order valence-electron chi connectivity index (χ3n) is 3.19. The number of rotatable bonds is 5. The van der Waals surface area contributed by atoms with E-state index in [1.165, 1.54) is 16.7 Å². The van der Waals surface area contributed by atoms with Crippen LogP contribution >= 0.6 is 23.1 Å². The Morgan fingerprint density at radius 2 is 1.91 bits per heavy atom. The van der Waals surface area contributed by atoms with Gasteiger partial charge in [0, 0.05) is 5.69 Å². The first kappa shape index (κ1) is 15.5. The van der Waals surface area contributed by atoms with Crippen LogP contribution in [0.2, 0.25) is 0 Å². The van der Waals surface area contributed by atoms with Gasteiger partial charge in [0.25, 0.3) is 0 Å². The van der Waals surface area contributed by atoms with Crippen LogP contribution in [0.4, 0.5) is 5.69 Å². The maximum absolute atomic E-state index is 12.5. The van der Waals surface area contributed by atoms with Crippen LogP contribution in [0.1, 0.15) is 0 Å². The second-order valence-corrected chi connectivity index (χ2v) is 6.96. The number of hydrogen-bond acceptors (Lipinski definition) is 5. The molecule has 0 bridgehead atoms. The third kappa shape index (κ3) is 3.70. The molecule has 1 aromatic heterocycles. The average Bonchev–Trinajstić information content (AvgIpc) is 3.01. The van der Waals surface area contributed by atoms with E-state index in [1.807, 2.05) is 60.7 Å². The molecule has 0 spiro atoms. The number of carbonyl (C=O) groups excluding carboxylic acids is 1. The lowest BCUT2D eigenvalue weighted by molar-refractivity contribution is -0.116. The molecule has 23 heavy (non-hydrogen) atoms.